The van der Waals surface area contributed by atoms with Gasteiger partial charge in [0, 0.05) is 43.5 Å². The zero-order valence-electron chi connectivity index (χ0n) is 16.8. The molecule has 3 aromatic rings. The number of hydrogen-bond acceptors (Lipinski definition) is 5. The van der Waals surface area contributed by atoms with Crippen LogP contribution in [0.15, 0.2) is 54.6 Å². The summed E-state index contributed by atoms with van der Waals surface area (Å²) in [5.41, 5.74) is 5.57. The highest BCUT2D eigenvalue weighted by Crippen LogP contribution is 2.27. The molecule has 2 aromatic carbocycles. The lowest BCUT2D eigenvalue weighted by Crippen LogP contribution is -2.44. The van der Waals surface area contributed by atoms with Crippen LogP contribution in [-0.4, -0.2) is 48.1 Å². The van der Waals surface area contributed by atoms with Crippen molar-refractivity contribution in [2.75, 3.05) is 43.4 Å². The molecule has 1 aromatic heterocycles. The summed E-state index contributed by atoms with van der Waals surface area (Å²) in [6.07, 6.45) is 0. The van der Waals surface area contributed by atoms with Crippen LogP contribution in [0.4, 0.5) is 17.5 Å². The van der Waals surface area contributed by atoms with Crippen LogP contribution in [-0.2, 0) is 0 Å². The van der Waals surface area contributed by atoms with Crippen LogP contribution in [0.1, 0.15) is 11.1 Å². The van der Waals surface area contributed by atoms with Crippen molar-refractivity contribution >= 4 is 17.5 Å². The molecular weight excluding hydrogens is 346 g/mol. The Morgan fingerprint density at radius 3 is 2.36 bits per heavy atom. The molecule has 0 amide bonds. The highest BCUT2D eigenvalue weighted by Gasteiger charge is 2.18. The number of likely N-dealkylation sites (N-methyl/N-ethyl adjacent to an activating group) is 1. The summed E-state index contributed by atoms with van der Waals surface area (Å²) in [7, 11) is 2.17. The van der Waals surface area contributed by atoms with E-state index < -0.39 is 0 Å². The number of aromatic nitrogens is 2. The summed E-state index contributed by atoms with van der Waals surface area (Å²) < 4.78 is 0. The van der Waals surface area contributed by atoms with Gasteiger partial charge in [-0.1, -0.05) is 42.5 Å². The van der Waals surface area contributed by atoms with Crippen molar-refractivity contribution in [2.24, 2.45) is 0 Å². The van der Waals surface area contributed by atoms with Crippen molar-refractivity contribution < 1.29 is 0 Å². The van der Waals surface area contributed by atoms with Gasteiger partial charge in [0.1, 0.15) is 5.82 Å². The minimum atomic E-state index is 0.643. The molecule has 0 spiro atoms. The number of piperazine rings is 1. The van der Waals surface area contributed by atoms with E-state index in [4.69, 9.17) is 9.97 Å². The fourth-order valence-electron chi connectivity index (χ4n) is 3.45. The second-order valence-electron chi connectivity index (χ2n) is 7.46. The van der Waals surface area contributed by atoms with Gasteiger partial charge in [0.15, 0.2) is 0 Å². The second kappa shape index (κ2) is 7.98. The van der Waals surface area contributed by atoms with Crippen molar-refractivity contribution in [3.63, 3.8) is 0 Å². The highest BCUT2D eigenvalue weighted by molar-refractivity contribution is 5.68. The van der Waals surface area contributed by atoms with Gasteiger partial charge in [-0.15, -0.1) is 0 Å². The molecule has 1 fully saturated rings. The molecule has 2 heterocycles. The van der Waals surface area contributed by atoms with Crippen molar-refractivity contribution in [3.05, 3.63) is 65.7 Å². The monoisotopic (exact) mass is 373 g/mol. The van der Waals surface area contributed by atoms with Crippen molar-refractivity contribution in [2.45, 2.75) is 13.8 Å². The summed E-state index contributed by atoms with van der Waals surface area (Å²) in [5, 5.41) is 3.45. The molecule has 0 atom stereocenters. The number of aryl methyl sites for hydroxylation is 1. The van der Waals surface area contributed by atoms with Crippen LogP contribution >= 0.6 is 0 Å². The molecule has 1 aliphatic rings. The maximum atomic E-state index is 4.86. The largest absolute Gasteiger partial charge is 0.354 e. The molecule has 0 aliphatic carbocycles. The summed E-state index contributed by atoms with van der Waals surface area (Å²) in [5.74, 6) is 1.62. The van der Waals surface area contributed by atoms with E-state index in [1.807, 2.05) is 18.2 Å². The molecule has 0 saturated carbocycles. The van der Waals surface area contributed by atoms with Crippen LogP contribution in [0.5, 0.6) is 0 Å². The molecule has 144 valence electrons. The standard InChI is InChI=1S/C23H27N5/c1-17-8-7-11-20(18(17)2)24-23-25-21(19-9-5-4-6-10-19)16-22(26-23)28-14-12-27(3)13-15-28/h4-11,16H,12-15H2,1-3H3,(H,24,25,26). The smallest absolute Gasteiger partial charge is 0.229 e. The Hall–Kier alpha value is -2.92. The molecular formula is C23H27N5. The van der Waals surface area contributed by atoms with Crippen LogP contribution < -0.4 is 10.2 Å². The Bertz CT molecular complexity index is 946. The molecule has 5 nitrogen and oxygen atoms in total. The van der Waals surface area contributed by atoms with E-state index in [-0.39, 0.29) is 0 Å². The molecule has 28 heavy (non-hydrogen) atoms. The maximum absolute atomic E-state index is 4.86. The van der Waals surface area contributed by atoms with Crippen molar-refractivity contribution in [3.8, 4) is 11.3 Å². The predicted octanol–water partition coefficient (Wildman–Crippen LogP) is 4.26. The van der Waals surface area contributed by atoms with Crippen molar-refractivity contribution in [1.29, 1.82) is 0 Å². The number of nitrogens with one attached hydrogen (secondary N) is 1. The van der Waals surface area contributed by atoms with Gasteiger partial charge in [0.05, 0.1) is 5.69 Å². The number of rotatable bonds is 4. The summed E-state index contributed by atoms with van der Waals surface area (Å²) >= 11 is 0. The van der Waals surface area contributed by atoms with E-state index in [0.717, 1.165) is 48.9 Å². The Balaban J connectivity index is 1.72. The fraction of sp³-hybridized carbons (Fsp3) is 0.304. The first-order valence-electron chi connectivity index (χ1n) is 9.81. The van der Waals surface area contributed by atoms with Crippen LogP contribution in [0.2, 0.25) is 0 Å². The lowest BCUT2D eigenvalue weighted by molar-refractivity contribution is 0.312. The molecule has 0 unspecified atom stereocenters. The normalized spacial score (nSPS) is 14.9. The van der Waals surface area contributed by atoms with E-state index in [0.29, 0.717) is 5.95 Å². The van der Waals surface area contributed by atoms with Gasteiger partial charge in [0.2, 0.25) is 5.95 Å². The zero-order valence-corrected chi connectivity index (χ0v) is 16.8. The van der Waals surface area contributed by atoms with Crippen LogP contribution in [0, 0.1) is 13.8 Å². The van der Waals surface area contributed by atoms with Crippen LogP contribution in [0.25, 0.3) is 11.3 Å². The van der Waals surface area contributed by atoms with E-state index in [1.54, 1.807) is 0 Å². The van der Waals surface area contributed by atoms with Crippen LogP contribution in [0.3, 0.4) is 0 Å². The number of hydrogen-bond donors (Lipinski definition) is 1. The minimum absolute atomic E-state index is 0.643. The lowest BCUT2D eigenvalue weighted by Gasteiger charge is -2.33. The summed E-state index contributed by atoms with van der Waals surface area (Å²) in [6, 6.07) is 18.7. The first kappa shape index (κ1) is 18.4. The Kier molecular flexibility index (Phi) is 5.26. The van der Waals surface area contributed by atoms with E-state index in [1.165, 1.54) is 11.1 Å². The molecule has 0 bridgehead atoms. The first-order chi connectivity index (χ1) is 13.6. The van der Waals surface area contributed by atoms with Gasteiger partial charge in [-0.3, -0.25) is 0 Å². The maximum Gasteiger partial charge on any atom is 0.229 e. The molecule has 5 heteroatoms. The topological polar surface area (TPSA) is 44.3 Å². The highest BCUT2D eigenvalue weighted by atomic mass is 15.3. The van der Waals surface area contributed by atoms with Gasteiger partial charge in [-0.25, -0.2) is 4.98 Å². The zero-order chi connectivity index (χ0) is 19.5. The SMILES string of the molecule is Cc1cccc(Nc2nc(-c3ccccc3)cc(N3CCN(C)CC3)n2)c1C. The average molecular weight is 374 g/mol. The summed E-state index contributed by atoms with van der Waals surface area (Å²) in [4.78, 5) is 14.4. The Morgan fingerprint density at radius 1 is 0.857 bits per heavy atom. The minimum Gasteiger partial charge on any atom is -0.354 e. The average Bonchev–Trinajstić information content (AvgIpc) is 2.72. The van der Waals surface area contributed by atoms with Gasteiger partial charge < -0.3 is 15.1 Å². The predicted molar refractivity (Wildman–Crippen MR) is 116 cm³/mol. The molecule has 1 saturated heterocycles. The van der Waals surface area contributed by atoms with Crippen molar-refractivity contribution in [1.82, 2.24) is 14.9 Å². The third-order valence-electron chi connectivity index (χ3n) is 5.46. The van der Waals surface area contributed by atoms with Gasteiger partial charge in [-0.2, -0.15) is 4.98 Å². The molecule has 0 radical (unpaired) electrons. The molecule has 1 N–H and O–H groups in total. The van der Waals surface area contributed by atoms with Gasteiger partial charge in [0.25, 0.3) is 0 Å². The van der Waals surface area contributed by atoms with Gasteiger partial charge >= 0.3 is 0 Å². The third kappa shape index (κ3) is 3.99. The van der Waals surface area contributed by atoms with E-state index >= 15 is 0 Å². The number of benzene rings is 2. The lowest BCUT2D eigenvalue weighted by atomic mass is 10.1. The molecule has 4 rings (SSSR count). The number of nitrogens with zero attached hydrogens (tertiary/aromatic N) is 4. The third-order valence-corrected chi connectivity index (χ3v) is 5.46. The quantitative estimate of drug-likeness (QED) is 0.740. The Morgan fingerprint density at radius 2 is 1.61 bits per heavy atom. The fourth-order valence-corrected chi connectivity index (χ4v) is 3.45. The second-order valence-corrected chi connectivity index (χ2v) is 7.46. The molecule has 1 aliphatic heterocycles. The van der Waals surface area contributed by atoms with E-state index in [9.17, 15) is 0 Å². The van der Waals surface area contributed by atoms with Gasteiger partial charge in [-0.05, 0) is 38.1 Å². The summed E-state index contributed by atoms with van der Waals surface area (Å²) in [6.45, 7) is 8.29. The number of anilines is 3. The first-order valence-corrected chi connectivity index (χ1v) is 9.81. The van der Waals surface area contributed by atoms with E-state index in [2.05, 4.69) is 72.4 Å². The Labute approximate surface area is 167 Å².